The molecule has 2 heterocycles. The molecule has 0 amide bonds. The minimum absolute atomic E-state index is 0.304. The van der Waals surface area contributed by atoms with Crippen LogP contribution in [0.4, 0.5) is 0 Å². The van der Waals surface area contributed by atoms with Crippen LogP contribution in [0.15, 0.2) is 27.6 Å². The number of nitrogens with zero attached hydrogens (tertiary/aromatic N) is 1. The molecule has 0 aromatic heterocycles. The van der Waals surface area contributed by atoms with Crippen molar-refractivity contribution >= 4 is 37.6 Å². The quantitative estimate of drug-likeness (QED) is 0.859. The second-order valence-electron chi connectivity index (χ2n) is 5.34. The van der Waals surface area contributed by atoms with Crippen molar-refractivity contribution in [3.8, 4) is 0 Å². The van der Waals surface area contributed by atoms with Crippen LogP contribution in [0.5, 0.6) is 0 Å². The summed E-state index contributed by atoms with van der Waals surface area (Å²) in [5, 5.41) is 3.96. The lowest BCUT2D eigenvalue weighted by Gasteiger charge is -2.34. The average molecular weight is 380 g/mol. The maximum Gasteiger partial charge on any atom is 0.243 e. The van der Waals surface area contributed by atoms with E-state index >= 15 is 0 Å². The van der Waals surface area contributed by atoms with E-state index < -0.39 is 10.0 Å². The first kappa shape index (κ1) is 14.8. The number of hydrogen-bond acceptors (Lipinski definition) is 3. The summed E-state index contributed by atoms with van der Waals surface area (Å²) in [6.07, 6.45) is 1.94. The zero-order valence-corrected chi connectivity index (χ0v) is 14.0. The van der Waals surface area contributed by atoms with Crippen LogP contribution >= 0.6 is 27.5 Å². The van der Waals surface area contributed by atoms with Gasteiger partial charge in [-0.2, -0.15) is 4.31 Å². The normalized spacial score (nSPS) is 27.5. The molecule has 2 unspecified atom stereocenters. The summed E-state index contributed by atoms with van der Waals surface area (Å²) >= 11 is 9.21. The third kappa shape index (κ3) is 2.64. The molecule has 0 bridgehead atoms. The highest BCUT2D eigenvalue weighted by atomic mass is 79.9. The predicted octanol–water partition coefficient (Wildman–Crippen LogP) is 2.48. The maximum atomic E-state index is 12.7. The molecule has 0 spiro atoms. The van der Waals surface area contributed by atoms with E-state index in [2.05, 4.69) is 21.2 Å². The number of sulfonamides is 1. The Labute approximate surface area is 132 Å². The van der Waals surface area contributed by atoms with Gasteiger partial charge in [-0.05, 0) is 59.4 Å². The topological polar surface area (TPSA) is 49.4 Å². The van der Waals surface area contributed by atoms with Gasteiger partial charge in [-0.1, -0.05) is 11.6 Å². The number of hydrogen-bond donors (Lipinski definition) is 1. The van der Waals surface area contributed by atoms with Crippen LogP contribution in [0.2, 0.25) is 5.02 Å². The smallest absolute Gasteiger partial charge is 0.243 e. The Morgan fingerprint density at radius 3 is 2.90 bits per heavy atom. The molecule has 2 aliphatic rings. The number of rotatable bonds is 2. The molecule has 2 aliphatic heterocycles. The highest BCUT2D eigenvalue weighted by Gasteiger charge is 2.37. The molecular formula is C13H16BrClN2O2S. The van der Waals surface area contributed by atoms with Gasteiger partial charge < -0.3 is 5.32 Å². The summed E-state index contributed by atoms with van der Waals surface area (Å²) in [7, 11) is -3.42. The first-order valence-electron chi connectivity index (χ1n) is 6.67. The van der Waals surface area contributed by atoms with Gasteiger partial charge in [0.15, 0.2) is 0 Å². The lowest BCUT2D eigenvalue weighted by molar-refractivity contribution is 0.247. The first-order valence-corrected chi connectivity index (χ1v) is 9.28. The van der Waals surface area contributed by atoms with E-state index in [1.807, 2.05) is 0 Å². The zero-order chi connectivity index (χ0) is 14.3. The Hall–Kier alpha value is -0.140. The lowest BCUT2D eigenvalue weighted by Crippen LogP contribution is -2.46. The van der Waals surface area contributed by atoms with E-state index in [-0.39, 0.29) is 0 Å². The van der Waals surface area contributed by atoms with Crippen LogP contribution in [-0.2, 0) is 10.0 Å². The molecule has 1 N–H and O–H groups in total. The van der Waals surface area contributed by atoms with Crippen molar-refractivity contribution in [2.24, 2.45) is 5.92 Å². The minimum Gasteiger partial charge on any atom is -0.314 e. The van der Waals surface area contributed by atoms with Crippen LogP contribution in [0.1, 0.15) is 12.8 Å². The summed E-state index contributed by atoms with van der Waals surface area (Å²) in [4.78, 5) is 0.304. The van der Waals surface area contributed by atoms with Gasteiger partial charge in [0.05, 0.1) is 9.92 Å². The largest absolute Gasteiger partial charge is 0.314 e. The van der Waals surface area contributed by atoms with Crippen molar-refractivity contribution in [1.29, 1.82) is 0 Å². The van der Waals surface area contributed by atoms with Gasteiger partial charge in [-0.15, -0.1) is 0 Å². The second kappa shape index (κ2) is 5.57. The van der Waals surface area contributed by atoms with Crippen molar-refractivity contribution in [1.82, 2.24) is 9.62 Å². The molecular weight excluding hydrogens is 364 g/mol. The fourth-order valence-electron chi connectivity index (χ4n) is 3.02. The van der Waals surface area contributed by atoms with Crippen molar-refractivity contribution < 1.29 is 8.42 Å². The molecule has 4 nitrogen and oxygen atoms in total. The Kier molecular flexibility index (Phi) is 4.12. The molecule has 0 saturated carbocycles. The van der Waals surface area contributed by atoms with Gasteiger partial charge in [0.2, 0.25) is 10.0 Å². The van der Waals surface area contributed by atoms with Gasteiger partial charge in [0.1, 0.15) is 0 Å². The summed E-state index contributed by atoms with van der Waals surface area (Å²) in [6.45, 7) is 2.19. The number of piperidine rings is 1. The van der Waals surface area contributed by atoms with Crippen LogP contribution in [0.25, 0.3) is 0 Å². The number of benzene rings is 1. The van der Waals surface area contributed by atoms with E-state index in [0.29, 0.717) is 39.4 Å². The van der Waals surface area contributed by atoms with Gasteiger partial charge in [0.25, 0.3) is 0 Å². The van der Waals surface area contributed by atoms with E-state index in [4.69, 9.17) is 11.6 Å². The Morgan fingerprint density at radius 1 is 1.35 bits per heavy atom. The molecule has 20 heavy (non-hydrogen) atoms. The first-order chi connectivity index (χ1) is 9.48. The average Bonchev–Trinajstić information content (AvgIpc) is 2.89. The highest BCUT2D eigenvalue weighted by Crippen LogP contribution is 2.31. The molecule has 2 fully saturated rings. The molecule has 1 aromatic carbocycles. The number of halogens is 2. The van der Waals surface area contributed by atoms with Crippen LogP contribution in [-0.4, -0.2) is 38.4 Å². The van der Waals surface area contributed by atoms with Crippen molar-refractivity contribution in [3.05, 3.63) is 27.7 Å². The lowest BCUT2D eigenvalue weighted by atomic mass is 9.95. The van der Waals surface area contributed by atoms with Crippen LogP contribution in [0.3, 0.4) is 0 Å². The van der Waals surface area contributed by atoms with E-state index in [1.165, 1.54) is 0 Å². The van der Waals surface area contributed by atoms with Crippen molar-refractivity contribution in [2.45, 2.75) is 23.8 Å². The molecule has 0 radical (unpaired) electrons. The van der Waals surface area contributed by atoms with Gasteiger partial charge in [0, 0.05) is 23.6 Å². The molecule has 2 saturated heterocycles. The molecule has 1 aromatic rings. The monoisotopic (exact) mass is 378 g/mol. The molecule has 7 heteroatoms. The number of nitrogens with one attached hydrogen (secondary N) is 1. The second-order valence-corrected chi connectivity index (χ2v) is 8.54. The molecule has 3 rings (SSSR count). The van der Waals surface area contributed by atoms with Crippen molar-refractivity contribution in [3.63, 3.8) is 0 Å². The SMILES string of the molecule is O=S(=O)(c1ccc(Cl)c(Br)c1)N1CCC2NCCC2C1. The number of fused-ring (bicyclic) bond motifs is 1. The van der Waals surface area contributed by atoms with E-state index in [1.54, 1.807) is 22.5 Å². The molecule has 0 aliphatic carbocycles. The molecule has 110 valence electrons. The predicted molar refractivity (Wildman–Crippen MR) is 82.4 cm³/mol. The van der Waals surface area contributed by atoms with Crippen LogP contribution in [0, 0.1) is 5.92 Å². The fourth-order valence-corrected chi connectivity index (χ4v) is 5.21. The minimum atomic E-state index is -3.42. The Morgan fingerprint density at radius 2 is 2.15 bits per heavy atom. The zero-order valence-electron chi connectivity index (χ0n) is 10.9. The maximum absolute atomic E-state index is 12.7. The fraction of sp³-hybridized carbons (Fsp3) is 0.538. The summed E-state index contributed by atoms with van der Waals surface area (Å²) in [5.41, 5.74) is 0. The summed E-state index contributed by atoms with van der Waals surface area (Å²) in [5.74, 6) is 0.439. The Bertz CT molecular complexity index is 623. The standard InChI is InChI=1S/C13H16BrClN2O2S/c14-11-7-10(1-2-12(11)15)20(18,19)17-6-4-13-9(8-17)3-5-16-13/h1-2,7,9,13,16H,3-6,8H2. The van der Waals surface area contributed by atoms with Gasteiger partial charge in [-0.3, -0.25) is 0 Å². The van der Waals surface area contributed by atoms with Gasteiger partial charge >= 0.3 is 0 Å². The summed E-state index contributed by atoms with van der Waals surface area (Å²) in [6, 6.07) is 5.25. The third-order valence-electron chi connectivity index (χ3n) is 4.15. The van der Waals surface area contributed by atoms with E-state index in [9.17, 15) is 8.42 Å². The Balaban J connectivity index is 1.86. The highest BCUT2D eigenvalue weighted by molar-refractivity contribution is 9.10. The summed E-state index contributed by atoms with van der Waals surface area (Å²) < 4.78 is 27.6. The third-order valence-corrected chi connectivity index (χ3v) is 7.22. The van der Waals surface area contributed by atoms with Crippen LogP contribution < -0.4 is 5.32 Å². The molecule has 2 atom stereocenters. The van der Waals surface area contributed by atoms with Crippen molar-refractivity contribution in [2.75, 3.05) is 19.6 Å². The van der Waals surface area contributed by atoms with E-state index in [0.717, 1.165) is 19.4 Å². The van der Waals surface area contributed by atoms with Gasteiger partial charge in [-0.25, -0.2) is 8.42 Å².